The molecule has 1 N–H and O–H groups in total. The summed E-state index contributed by atoms with van der Waals surface area (Å²) in [5.41, 5.74) is 2.43. The fourth-order valence-corrected chi connectivity index (χ4v) is 2.34. The van der Waals surface area contributed by atoms with Crippen molar-refractivity contribution < 1.29 is 14.4 Å². The van der Waals surface area contributed by atoms with Crippen LogP contribution < -0.4 is 5.48 Å². The van der Waals surface area contributed by atoms with E-state index in [-0.39, 0.29) is 18.3 Å². The second-order valence-electron chi connectivity index (χ2n) is 5.97. The van der Waals surface area contributed by atoms with Gasteiger partial charge < -0.3 is 4.84 Å². The Hall–Kier alpha value is -0.900. The van der Waals surface area contributed by atoms with Crippen LogP contribution in [0.25, 0.3) is 0 Å². The molecular formula is C18H35NO3. The maximum atomic E-state index is 11.5. The molecule has 0 unspecified atom stereocenters. The number of hydrogen-bond acceptors (Lipinski definition) is 4. The lowest BCUT2D eigenvalue weighted by atomic mass is 10.0. The molecule has 0 saturated carbocycles. The second-order valence-corrected chi connectivity index (χ2v) is 5.97. The number of unbranched alkanes of at least 4 members (excludes halogenated alkanes) is 10. The second kappa shape index (κ2) is 16.5. The highest BCUT2D eigenvalue weighted by atomic mass is 16.7. The third-order valence-electron chi connectivity index (χ3n) is 3.80. The van der Waals surface area contributed by atoms with Gasteiger partial charge in [0.15, 0.2) is 0 Å². The van der Waals surface area contributed by atoms with Crippen molar-refractivity contribution in [1.82, 2.24) is 5.48 Å². The lowest BCUT2D eigenvalue weighted by Gasteiger charge is -2.04. The Morgan fingerprint density at radius 3 is 1.77 bits per heavy atom. The molecular weight excluding hydrogens is 278 g/mol. The Bertz CT molecular complexity index is 280. The highest BCUT2D eigenvalue weighted by molar-refractivity contribution is 5.80. The third-order valence-corrected chi connectivity index (χ3v) is 3.80. The molecule has 130 valence electrons. The molecule has 0 aromatic heterocycles. The van der Waals surface area contributed by atoms with Gasteiger partial charge in [-0.05, 0) is 6.42 Å². The summed E-state index contributed by atoms with van der Waals surface area (Å²) in [6, 6.07) is 0. The number of rotatable bonds is 16. The van der Waals surface area contributed by atoms with E-state index in [9.17, 15) is 9.59 Å². The topological polar surface area (TPSA) is 55.4 Å². The molecule has 0 fully saturated rings. The van der Waals surface area contributed by atoms with Gasteiger partial charge in [0.2, 0.25) is 0 Å². The average molecular weight is 313 g/mol. The van der Waals surface area contributed by atoms with Crippen molar-refractivity contribution in [1.29, 1.82) is 0 Å². The third kappa shape index (κ3) is 15.5. The molecule has 22 heavy (non-hydrogen) atoms. The van der Waals surface area contributed by atoms with E-state index in [4.69, 9.17) is 0 Å². The summed E-state index contributed by atoms with van der Waals surface area (Å²) in [6.45, 7) is 4.10. The number of Topliss-reactive ketones (excluding diaryl/α,β-unsaturated/α-hetero) is 1. The Labute approximate surface area is 136 Å². The predicted molar refractivity (Wildman–Crippen MR) is 90.5 cm³/mol. The van der Waals surface area contributed by atoms with Gasteiger partial charge >= 0.3 is 5.97 Å². The van der Waals surface area contributed by atoms with Crippen LogP contribution in [0.15, 0.2) is 0 Å². The average Bonchev–Trinajstić information content (AvgIpc) is 2.52. The minimum absolute atomic E-state index is 0.111. The van der Waals surface area contributed by atoms with Gasteiger partial charge in [0.1, 0.15) is 5.78 Å². The van der Waals surface area contributed by atoms with Crippen LogP contribution in [0.4, 0.5) is 0 Å². The normalized spacial score (nSPS) is 10.6. The first-order valence-corrected chi connectivity index (χ1v) is 9.14. The molecule has 0 amide bonds. The first-order valence-electron chi connectivity index (χ1n) is 9.14. The molecule has 0 aromatic carbocycles. The highest BCUT2D eigenvalue weighted by Gasteiger charge is 2.03. The minimum atomic E-state index is -0.331. The van der Waals surface area contributed by atoms with Gasteiger partial charge in [-0.15, -0.1) is 5.48 Å². The number of carbonyl (C=O) groups is 2. The van der Waals surface area contributed by atoms with Crippen LogP contribution in [0.1, 0.15) is 97.3 Å². The van der Waals surface area contributed by atoms with Crippen LogP contribution in [-0.4, -0.2) is 18.3 Å². The van der Waals surface area contributed by atoms with Crippen molar-refractivity contribution in [2.45, 2.75) is 97.3 Å². The first kappa shape index (κ1) is 21.1. The first-order chi connectivity index (χ1) is 10.7. The van der Waals surface area contributed by atoms with Crippen LogP contribution in [0, 0.1) is 0 Å². The van der Waals surface area contributed by atoms with Gasteiger partial charge in [-0.2, -0.15) is 0 Å². The van der Waals surface area contributed by atoms with E-state index in [1.807, 2.05) is 0 Å². The summed E-state index contributed by atoms with van der Waals surface area (Å²) < 4.78 is 0. The van der Waals surface area contributed by atoms with E-state index < -0.39 is 0 Å². The largest absolute Gasteiger partial charge is 0.370 e. The molecule has 0 aliphatic carbocycles. The number of hydroxylamine groups is 1. The van der Waals surface area contributed by atoms with Gasteiger partial charge in [-0.3, -0.25) is 9.59 Å². The summed E-state index contributed by atoms with van der Waals surface area (Å²) in [6.07, 6.45) is 15.0. The highest BCUT2D eigenvalue weighted by Crippen LogP contribution is 2.11. The van der Waals surface area contributed by atoms with Gasteiger partial charge in [0.05, 0.1) is 6.54 Å². The molecule has 0 aromatic rings. The zero-order valence-corrected chi connectivity index (χ0v) is 14.6. The summed E-state index contributed by atoms with van der Waals surface area (Å²) in [7, 11) is 0. The fourth-order valence-electron chi connectivity index (χ4n) is 2.34. The van der Waals surface area contributed by atoms with E-state index in [2.05, 4.69) is 17.2 Å². The Kier molecular flexibility index (Phi) is 15.8. The van der Waals surface area contributed by atoms with Crippen molar-refractivity contribution in [3.05, 3.63) is 0 Å². The number of carbonyl (C=O) groups excluding carboxylic acids is 2. The minimum Gasteiger partial charge on any atom is -0.370 e. The predicted octanol–water partition coefficient (Wildman–Crippen LogP) is 4.71. The Morgan fingerprint density at radius 1 is 0.773 bits per heavy atom. The summed E-state index contributed by atoms with van der Waals surface area (Å²) in [4.78, 5) is 27.0. The molecule has 0 aliphatic heterocycles. The summed E-state index contributed by atoms with van der Waals surface area (Å²) in [5.74, 6) is -0.220. The molecule has 0 bridgehead atoms. The molecule has 0 atom stereocenters. The van der Waals surface area contributed by atoms with Gasteiger partial charge in [-0.25, -0.2) is 0 Å². The summed E-state index contributed by atoms with van der Waals surface area (Å²) >= 11 is 0. The lowest BCUT2D eigenvalue weighted by molar-refractivity contribution is -0.151. The standard InChI is InChI=1S/C18H35NO3/c1-3-5-6-7-8-9-10-11-12-13-14-15-17(20)16-19-22-18(21)4-2/h19H,3-16H2,1-2H3. The fraction of sp³-hybridized carbons (Fsp3) is 0.889. The van der Waals surface area contributed by atoms with E-state index in [0.717, 1.165) is 12.8 Å². The van der Waals surface area contributed by atoms with Crippen molar-refractivity contribution in [3.63, 3.8) is 0 Å². The lowest BCUT2D eigenvalue weighted by Crippen LogP contribution is -2.25. The van der Waals surface area contributed by atoms with Gasteiger partial charge in [0.25, 0.3) is 0 Å². The van der Waals surface area contributed by atoms with E-state index in [1.54, 1.807) is 6.92 Å². The van der Waals surface area contributed by atoms with Crippen LogP contribution in [0.5, 0.6) is 0 Å². The number of nitrogens with one attached hydrogen (secondary N) is 1. The smallest absolute Gasteiger partial charge is 0.324 e. The van der Waals surface area contributed by atoms with E-state index in [1.165, 1.54) is 57.8 Å². The van der Waals surface area contributed by atoms with Crippen molar-refractivity contribution in [2.24, 2.45) is 0 Å². The molecule has 0 heterocycles. The maximum absolute atomic E-state index is 11.5. The van der Waals surface area contributed by atoms with Crippen LogP contribution in [0.2, 0.25) is 0 Å². The SMILES string of the molecule is CCCCCCCCCCCCCC(=O)CNOC(=O)CC. The molecule has 0 radical (unpaired) electrons. The monoisotopic (exact) mass is 313 g/mol. The molecule has 0 rings (SSSR count). The number of hydrogen-bond donors (Lipinski definition) is 1. The van der Waals surface area contributed by atoms with Gasteiger partial charge in [-0.1, -0.05) is 78.1 Å². The maximum Gasteiger partial charge on any atom is 0.324 e. The van der Waals surface area contributed by atoms with Crippen LogP contribution in [-0.2, 0) is 14.4 Å². The van der Waals surface area contributed by atoms with Crippen LogP contribution in [0.3, 0.4) is 0 Å². The number of ketones is 1. The van der Waals surface area contributed by atoms with Crippen molar-refractivity contribution >= 4 is 11.8 Å². The Morgan fingerprint density at radius 2 is 1.27 bits per heavy atom. The Balaban J connectivity index is 3.18. The zero-order valence-electron chi connectivity index (χ0n) is 14.6. The molecule has 0 spiro atoms. The quantitative estimate of drug-likeness (QED) is 0.331. The summed E-state index contributed by atoms with van der Waals surface area (Å²) in [5, 5.41) is 0. The molecule has 0 aliphatic rings. The van der Waals surface area contributed by atoms with Crippen molar-refractivity contribution in [2.75, 3.05) is 6.54 Å². The molecule has 4 nitrogen and oxygen atoms in total. The zero-order chi connectivity index (χ0) is 16.5. The molecule has 0 saturated heterocycles. The van der Waals surface area contributed by atoms with E-state index in [0.29, 0.717) is 12.8 Å². The van der Waals surface area contributed by atoms with E-state index >= 15 is 0 Å². The molecule has 4 heteroatoms. The van der Waals surface area contributed by atoms with Crippen molar-refractivity contribution in [3.8, 4) is 0 Å². The van der Waals surface area contributed by atoms with Gasteiger partial charge in [0, 0.05) is 12.8 Å². The van der Waals surface area contributed by atoms with Crippen LogP contribution >= 0.6 is 0 Å².